The second-order valence-electron chi connectivity index (χ2n) is 8.99. The lowest BCUT2D eigenvalue weighted by atomic mass is 10.0. The van der Waals surface area contributed by atoms with Crippen LogP contribution in [-0.2, 0) is 30.5 Å². The number of hydrogen-bond acceptors (Lipinski definition) is 8. The zero-order valence-corrected chi connectivity index (χ0v) is 22.4. The van der Waals surface area contributed by atoms with Crippen molar-refractivity contribution < 1.29 is 18.0 Å². The number of nitrogens with two attached hydrogens (primary N) is 1. The van der Waals surface area contributed by atoms with Gasteiger partial charge in [-0.25, -0.2) is 19.9 Å². The third-order valence-electron chi connectivity index (χ3n) is 6.49. The lowest BCUT2D eigenvalue weighted by molar-refractivity contribution is -0.137. The Morgan fingerprint density at radius 1 is 1.15 bits per heavy atom. The second kappa shape index (κ2) is 12.0. The zero-order valence-electron chi connectivity index (χ0n) is 21.7. The molecule has 3 N–H and O–H groups in total. The highest BCUT2D eigenvalue weighted by atomic mass is 35.5. The van der Waals surface area contributed by atoms with Gasteiger partial charge in [0.1, 0.15) is 11.9 Å². The topological polar surface area (TPSA) is 113 Å². The normalized spacial score (nSPS) is 16.8. The Kier molecular flexibility index (Phi) is 8.73. The summed E-state index contributed by atoms with van der Waals surface area (Å²) in [5.41, 5.74) is 6.60. The summed E-state index contributed by atoms with van der Waals surface area (Å²) in [5, 5.41) is 3.09. The molecule has 1 atom stereocenters. The molecule has 1 aromatic carbocycles. The smallest absolute Gasteiger partial charge is 0.399 e. The first kappa shape index (κ1) is 28.3. The number of rotatable bonds is 5. The molecule has 1 saturated heterocycles. The summed E-state index contributed by atoms with van der Waals surface area (Å²) in [4.78, 5) is 34.4. The molecule has 1 unspecified atom stereocenters. The maximum Gasteiger partial charge on any atom is 0.416 e. The molecule has 3 aromatic rings. The summed E-state index contributed by atoms with van der Waals surface area (Å²) >= 11 is 6.13. The van der Waals surface area contributed by atoms with Crippen LogP contribution in [0.5, 0.6) is 0 Å². The summed E-state index contributed by atoms with van der Waals surface area (Å²) in [5.74, 6) is 0.855. The van der Waals surface area contributed by atoms with Crippen LogP contribution in [0.15, 0.2) is 36.7 Å². The first-order valence-electron chi connectivity index (χ1n) is 12.8. The van der Waals surface area contributed by atoms with Gasteiger partial charge in [0.2, 0.25) is 17.1 Å². The van der Waals surface area contributed by atoms with Gasteiger partial charge in [0, 0.05) is 49.7 Å². The average molecular weight is 563 g/mol. The summed E-state index contributed by atoms with van der Waals surface area (Å²) in [6.07, 6.45) is 0.807. The minimum Gasteiger partial charge on any atom is -0.399 e. The Bertz CT molecular complexity index is 1310. The molecule has 1 amide bonds. The molecule has 0 radical (unpaired) electrons. The van der Waals surface area contributed by atoms with Crippen molar-refractivity contribution in [2.75, 3.05) is 29.0 Å². The minimum absolute atomic E-state index is 0.00894. The van der Waals surface area contributed by atoms with Crippen molar-refractivity contribution in [3.05, 3.63) is 64.3 Å². The number of fused-ring (bicyclic) bond motifs is 1. The van der Waals surface area contributed by atoms with Crippen molar-refractivity contribution in [1.29, 1.82) is 0 Å². The third-order valence-corrected chi connectivity index (χ3v) is 6.66. The van der Waals surface area contributed by atoms with E-state index in [-0.39, 0.29) is 36.0 Å². The van der Waals surface area contributed by atoms with Crippen molar-refractivity contribution in [3.63, 3.8) is 0 Å². The Labute approximate surface area is 229 Å². The number of aromatic nitrogens is 4. The van der Waals surface area contributed by atoms with E-state index in [9.17, 15) is 18.0 Å². The molecule has 0 bridgehead atoms. The van der Waals surface area contributed by atoms with Crippen LogP contribution in [0.25, 0.3) is 0 Å². The number of benzene rings is 1. The summed E-state index contributed by atoms with van der Waals surface area (Å²) < 4.78 is 39.6. The highest BCUT2D eigenvalue weighted by Gasteiger charge is 2.37. The molecule has 2 aromatic heterocycles. The Balaban J connectivity index is 0.00000172. The predicted octanol–water partition coefficient (Wildman–Crippen LogP) is 4.71. The first-order valence-corrected chi connectivity index (χ1v) is 13.1. The van der Waals surface area contributed by atoms with Crippen LogP contribution in [0.3, 0.4) is 0 Å². The van der Waals surface area contributed by atoms with Gasteiger partial charge in [-0.2, -0.15) is 13.2 Å². The fourth-order valence-corrected chi connectivity index (χ4v) is 4.99. The van der Waals surface area contributed by atoms with Gasteiger partial charge in [-0.15, -0.1) is 0 Å². The van der Waals surface area contributed by atoms with Crippen LogP contribution in [0.4, 0.5) is 30.6 Å². The quantitative estimate of drug-likeness (QED) is 0.339. The maximum absolute atomic E-state index is 13.5. The van der Waals surface area contributed by atoms with Gasteiger partial charge < -0.3 is 20.9 Å². The molecular formula is C26H30ClF3N8O. The van der Waals surface area contributed by atoms with Crippen molar-refractivity contribution in [2.45, 2.75) is 58.4 Å². The first-order chi connectivity index (χ1) is 18.7. The lowest BCUT2D eigenvalue weighted by Gasteiger charge is -2.33. The molecule has 1 fully saturated rings. The molecular weight excluding hydrogens is 533 g/mol. The molecule has 39 heavy (non-hydrogen) atoms. The number of alkyl halides is 3. The van der Waals surface area contributed by atoms with Crippen molar-refractivity contribution in [1.82, 2.24) is 24.8 Å². The highest BCUT2D eigenvalue weighted by molar-refractivity contribution is 6.28. The van der Waals surface area contributed by atoms with Gasteiger partial charge in [-0.3, -0.25) is 4.79 Å². The van der Waals surface area contributed by atoms with E-state index in [1.54, 1.807) is 23.4 Å². The van der Waals surface area contributed by atoms with E-state index in [2.05, 4.69) is 25.3 Å². The number of nitrogens with zero attached hydrogens (tertiary/aromatic N) is 6. The zero-order chi connectivity index (χ0) is 28.2. The molecule has 0 aliphatic carbocycles. The molecule has 0 spiro atoms. The summed E-state index contributed by atoms with van der Waals surface area (Å²) in [6, 6.07) is 4.75. The van der Waals surface area contributed by atoms with Crippen LogP contribution < -0.4 is 16.0 Å². The van der Waals surface area contributed by atoms with Gasteiger partial charge >= 0.3 is 6.18 Å². The van der Waals surface area contributed by atoms with Crippen LogP contribution in [-0.4, -0.2) is 49.9 Å². The molecule has 208 valence electrons. The van der Waals surface area contributed by atoms with E-state index in [1.165, 1.54) is 6.07 Å². The van der Waals surface area contributed by atoms with Crippen molar-refractivity contribution in [2.24, 2.45) is 0 Å². The standard InChI is InChI=1S/C24H24ClF3N8O.C2H6/c25-22-33-18-4-8-35(21(37)19-3-1-7-36(19)23-30-5-2-6-31-23)13-17(18)20(34-22)32-12-14-9-15(24(26,27)28)11-16(29)10-14;1-2/h2,5-6,9-11,19H,1,3-4,7-8,12-13,29H2,(H,32,33,34);1-2H3. The molecule has 9 nitrogen and oxygen atoms in total. The van der Waals surface area contributed by atoms with Crippen LogP contribution in [0.2, 0.25) is 5.28 Å². The monoisotopic (exact) mass is 562 g/mol. The van der Waals surface area contributed by atoms with Gasteiger partial charge in [-0.1, -0.05) is 13.8 Å². The highest BCUT2D eigenvalue weighted by Crippen LogP contribution is 2.32. The van der Waals surface area contributed by atoms with Gasteiger partial charge in [0.05, 0.1) is 17.8 Å². The Hall–Kier alpha value is -3.67. The van der Waals surface area contributed by atoms with Crippen LogP contribution in [0.1, 0.15) is 49.1 Å². The van der Waals surface area contributed by atoms with Crippen LogP contribution in [0, 0.1) is 0 Å². The number of amides is 1. The summed E-state index contributed by atoms with van der Waals surface area (Å²) in [7, 11) is 0. The van der Waals surface area contributed by atoms with Gasteiger partial charge in [0.15, 0.2) is 0 Å². The SMILES string of the molecule is CC.Nc1cc(CNc2nc(Cl)nc3c2CN(C(=O)C2CCCN2c2ncccn2)CC3)cc(C(F)(F)F)c1. The molecule has 2 aliphatic rings. The number of nitrogen functional groups attached to an aromatic ring is 1. The number of carbonyl (C=O) groups excluding carboxylic acids is 1. The molecule has 0 saturated carbocycles. The molecule has 13 heteroatoms. The van der Waals surface area contributed by atoms with E-state index < -0.39 is 11.7 Å². The minimum atomic E-state index is -4.51. The fraction of sp³-hybridized carbons (Fsp3) is 0.423. The average Bonchev–Trinajstić information content (AvgIpc) is 3.42. The number of hydrogen-bond donors (Lipinski definition) is 2. The maximum atomic E-state index is 13.5. The Morgan fingerprint density at radius 3 is 2.62 bits per heavy atom. The summed E-state index contributed by atoms with van der Waals surface area (Å²) in [6.45, 7) is 5.43. The van der Waals surface area contributed by atoms with E-state index >= 15 is 0 Å². The van der Waals surface area contributed by atoms with Crippen molar-refractivity contribution >= 4 is 35.0 Å². The number of halogens is 4. The van der Waals surface area contributed by atoms with E-state index in [4.69, 9.17) is 17.3 Å². The predicted molar refractivity (Wildman–Crippen MR) is 143 cm³/mol. The number of anilines is 3. The largest absolute Gasteiger partial charge is 0.416 e. The number of nitrogens with one attached hydrogen (secondary N) is 1. The van der Waals surface area contributed by atoms with E-state index in [0.29, 0.717) is 54.5 Å². The lowest BCUT2D eigenvalue weighted by Crippen LogP contribution is -2.48. The van der Waals surface area contributed by atoms with E-state index in [1.807, 2.05) is 18.7 Å². The van der Waals surface area contributed by atoms with Gasteiger partial charge in [-0.05, 0) is 54.3 Å². The van der Waals surface area contributed by atoms with Gasteiger partial charge in [0.25, 0.3) is 0 Å². The van der Waals surface area contributed by atoms with Crippen molar-refractivity contribution in [3.8, 4) is 0 Å². The second-order valence-corrected chi connectivity index (χ2v) is 9.33. The Morgan fingerprint density at radius 2 is 1.90 bits per heavy atom. The van der Waals surface area contributed by atoms with Crippen LogP contribution >= 0.6 is 11.6 Å². The third kappa shape index (κ3) is 6.49. The number of carbonyl (C=O) groups is 1. The van der Waals surface area contributed by atoms with E-state index in [0.717, 1.165) is 18.6 Å². The molecule has 2 aliphatic heterocycles. The molecule has 5 rings (SSSR count). The fourth-order valence-electron chi connectivity index (χ4n) is 4.80. The molecule has 4 heterocycles.